The molecule has 0 atom stereocenters. The van der Waals surface area contributed by atoms with Gasteiger partial charge in [-0.15, -0.1) is 0 Å². The first kappa shape index (κ1) is 11.8. The van der Waals surface area contributed by atoms with E-state index in [0.717, 1.165) is 12.0 Å². The van der Waals surface area contributed by atoms with Gasteiger partial charge in [0.1, 0.15) is 0 Å². The number of allylic oxidation sites excluding steroid dienone is 1. The summed E-state index contributed by atoms with van der Waals surface area (Å²) in [4.78, 5) is 0. The minimum Gasteiger partial charge on any atom is -0.454 e. The summed E-state index contributed by atoms with van der Waals surface area (Å²) < 4.78 is 10.5. The van der Waals surface area contributed by atoms with E-state index in [1.165, 1.54) is 0 Å². The number of nitriles is 1. The third kappa shape index (κ3) is 2.37. The molecular formula is C13H12ClNO2. The second kappa shape index (κ2) is 5.11. The molecule has 0 aliphatic carbocycles. The topological polar surface area (TPSA) is 42.2 Å². The summed E-state index contributed by atoms with van der Waals surface area (Å²) in [6.07, 6.45) is 1.58. The maximum Gasteiger partial charge on any atom is 0.231 e. The Balaban J connectivity index is 2.37. The molecule has 0 amide bonds. The monoisotopic (exact) mass is 249 g/mol. The Morgan fingerprint density at radius 2 is 2.18 bits per heavy atom. The summed E-state index contributed by atoms with van der Waals surface area (Å²) in [5, 5.41) is 9.53. The fourth-order valence-corrected chi connectivity index (χ4v) is 1.93. The summed E-state index contributed by atoms with van der Waals surface area (Å²) in [6.45, 7) is 2.25. The SMILES string of the molecule is CCCC(C#N)=C(Cl)c1ccc2c(c1)OCO2. The minimum absolute atomic E-state index is 0.236. The normalized spacial score (nSPS) is 14.2. The molecule has 0 saturated heterocycles. The number of ether oxygens (including phenoxy) is 2. The summed E-state index contributed by atoms with van der Waals surface area (Å²) in [5.74, 6) is 1.39. The van der Waals surface area contributed by atoms with E-state index >= 15 is 0 Å². The Kier molecular flexibility index (Phi) is 3.55. The molecule has 2 rings (SSSR count). The number of halogens is 1. The predicted octanol–water partition coefficient (Wildman–Crippen LogP) is 3.69. The highest BCUT2D eigenvalue weighted by Gasteiger charge is 2.15. The molecule has 88 valence electrons. The van der Waals surface area contributed by atoms with Crippen LogP contribution in [0.3, 0.4) is 0 Å². The number of rotatable bonds is 3. The number of nitrogens with zero attached hydrogens (tertiary/aromatic N) is 1. The molecule has 4 heteroatoms. The molecule has 1 aliphatic heterocycles. The second-order valence-corrected chi connectivity index (χ2v) is 4.10. The lowest BCUT2D eigenvalue weighted by Gasteiger charge is -2.04. The predicted molar refractivity (Wildman–Crippen MR) is 65.9 cm³/mol. The van der Waals surface area contributed by atoms with Crippen LogP contribution in [0.25, 0.3) is 5.03 Å². The van der Waals surface area contributed by atoms with E-state index in [9.17, 15) is 0 Å². The smallest absolute Gasteiger partial charge is 0.231 e. The van der Waals surface area contributed by atoms with Crippen LogP contribution < -0.4 is 9.47 Å². The fourth-order valence-electron chi connectivity index (χ4n) is 1.67. The summed E-state index contributed by atoms with van der Waals surface area (Å²) in [7, 11) is 0. The van der Waals surface area contributed by atoms with Crippen LogP contribution in [0.15, 0.2) is 23.8 Å². The van der Waals surface area contributed by atoms with Gasteiger partial charge in [-0.05, 0) is 30.2 Å². The zero-order valence-electron chi connectivity index (χ0n) is 9.50. The molecule has 1 heterocycles. The molecule has 0 aromatic heterocycles. The van der Waals surface area contributed by atoms with E-state index in [1.807, 2.05) is 13.0 Å². The lowest BCUT2D eigenvalue weighted by atomic mass is 10.1. The quantitative estimate of drug-likeness (QED) is 0.768. The third-order valence-electron chi connectivity index (χ3n) is 2.53. The van der Waals surface area contributed by atoms with E-state index in [-0.39, 0.29) is 6.79 Å². The van der Waals surface area contributed by atoms with Gasteiger partial charge in [0.25, 0.3) is 0 Å². The molecule has 0 unspecified atom stereocenters. The lowest BCUT2D eigenvalue weighted by molar-refractivity contribution is 0.174. The van der Waals surface area contributed by atoms with Crippen molar-refractivity contribution in [2.45, 2.75) is 19.8 Å². The van der Waals surface area contributed by atoms with Crippen LogP contribution in [0, 0.1) is 11.3 Å². The van der Waals surface area contributed by atoms with E-state index in [2.05, 4.69) is 6.07 Å². The first-order chi connectivity index (χ1) is 8.26. The minimum atomic E-state index is 0.236. The molecule has 17 heavy (non-hydrogen) atoms. The molecule has 1 aromatic carbocycles. The summed E-state index contributed by atoms with van der Waals surface area (Å²) in [5.41, 5.74) is 1.40. The van der Waals surface area contributed by atoms with Gasteiger partial charge in [-0.2, -0.15) is 5.26 Å². The van der Waals surface area contributed by atoms with Crippen molar-refractivity contribution < 1.29 is 9.47 Å². The van der Waals surface area contributed by atoms with E-state index in [0.29, 0.717) is 28.5 Å². The largest absolute Gasteiger partial charge is 0.454 e. The van der Waals surface area contributed by atoms with Crippen LogP contribution >= 0.6 is 11.6 Å². The van der Waals surface area contributed by atoms with Gasteiger partial charge in [-0.3, -0.25) is 0 Å². The number of hydrogen-bond donors (Lipinski definition) is 0. The van der Waals surface area contributed by atoms with Crippen LogP contribution in [-0.2, 0) is 0 Å². The van der Waals surface area contributed by atoms with Crippen molar-refractivity contribution in [1.29, 1.82) is 5.26 Å². The van der Waals surface area contributed by atoms with E-state index < -0.39 is 0 Å². The third-order valence-corrected chi connectivity index (χ3v) is 2.97. The van der Waals surface area contributed by atoms with Crippen molar-refractivity contribution in [3.05, 3.63) is 29.3 Å². The van der Waals surface area contributed by atoms with Crippen LogP contribution in [0.5, 0.6) is 11.5 Å². The number of benzene rings is 1. The number of fused-ring (bicyclic) bond motifs is 1. The highest BCUT2D eigenvalue weighted by atomic mass is 35.5. The molecule has 0 N–H and O–H groups in total. The van der Waals surface area contributed by atoms with Crippen LogP contribution in [0.4, 0.5) is 0 Å². The Morgan fingerprint density at radius 1 is 1.41 bits per heavy atom. The van der Waals surface area contributed by atoms with Gasteiger partial charge < -0.3 is 9.47 Å². The molecule has 1 aliphatic rings. The maximum absolute atomic E-state index is 9.03. The summed E-state index contributed by atoms with van der Waals surface area (Å²) >= 11 is 6.21. The Hall–Kier alpha value is -1.66. The van der Waals surface area contributed by atoms with Gasteiger partial charge in [0, 0.05) is 5.57 Å². The van der Waals surface area contributed by atoms with Gasteiger partial charge >= 0.3 is 0 Å². The Bertz CT molecular complexity index is 503. The first-order valence-electron chi connectivity index (χ1n) is 5.45. The second-order valence-electron chi connectivity index (χ2n) is 3.72. The van der Waals surface area contributed by atoms with Crippen LogP contribution in [0.2, 0.25) is 0 Å². The number of hydrogen-bond acceptors (Lipinski definition) is 3. The zero-order chi connectivity index (χ0) is 12.3. The van der Waals surface area contributed by atoms with Gasteiger partial charge in [0.2, 0.25) is 6.79 Å². The molecular weight excluding hydrogens is 238 g/mol. The average molecular weight is 250 g/mol. The zero-order valence-corrected chi connectivity index (χ0v) is 10.3. The Morgan fingerprint density at radius 3 is 2.88 bits per heavy atom. The molecule has 0 radical (unpaired) electrons. The van der Waals surface area contributed by atoms with Crippen molar-refractivity contribution >= 4 is 16.6 Å². The van der Waals surface area contributed by atoms with E-state index in [4.69, 9.17) is 26.3 Å². The van der Waals surface area contributed by atoms with Crippen LogP contribution in [-0.4, -0.2) is 6.79 Å². The highest BCUT2D eigenvalue weighted by Crippen LogP contribution is 2.36. The summed E-state index contributed by atoms with van der Waals surface area (Å²) in [6, 6.07) is 7.59. The highest BCUT2D eigenvalue weighted by molar-refractivity contribution is 6.49. The van der Waals surface area contributed by atoms with Gasteiger partial charge in [0.05, 0.1) is 11.1 Å². The van der Waals surface area contributed by atoms with Gasteiger partial charge in [-0.1, -0.05) is 24.9 Å². The van der Waals surface area contributed by atoms with Crippen LogP contribution in [0.1, 0.15) is 25.3 Å². The maximum atomic E-state index is 9.03. The average Bonchev–Trinajstić information content (AvgIpc) is 2.82. The van der Waals surface area contributed by atoms with Crippen molar-refractivity contribution in [3.8, 4) is 17.6 Å². The molecule has 0 spiro atoms. The molecule has 1 aromatic rings. The van der Waals surface area contributed by atoms with Crippen molar-refractivity contribution in [2.75, 3.05) is 6.79 Å². The fraction of sp³-hybridized carbons (Fsp3) is 0.308. The van der Waals surface area contributed by atoms with Gasteiger partial charge in [-0.25, -0.2) is 0 Å². The van der Waals surface area contributed by atoms with Crippen molar-refractivity contribution in [1.82, 2.24) is 0 Å². The molecule has 0 saturated carbocycles. The lowest BCUT2D eigenvalue weighted by Crippen LogP contribution is -1.92. The van der Waals surface area contributed by atoms with Gasteiger partial charge in [0.15, 0.2) is 11.5 Å². The van der Waals surface area contributed by atoms with E-state index in [1.54, 1.807) is 12.1 Å². The van der Waals surface area contributed by atoms with Crippen molar-refractivity contribution in [3.63, 3.8) is 0 Å². The molecule has 0 fully saturated rings. The standard InChI is InChI=1S/C13H12ClNO2/c1-2-3-10(7-15)13(14)9-4-5-11-12(6-9)17-8-16-11/h4-6H,2-3,8H2,1H3. The van der Waals surface area contributed by atoms with Crippen molar-refractivity contribution in [2.24, 2.45) is 0 Å². The Labute approximate surface area is 105 Å². The first-order valence-corrected chi connectivity index (χ1v) is 5.82. The molecule has 3 nitrogen and oxygen atoms in total. The molecule has 0 bridgehead atoms.